The van der Waals surface area contributed by atoms with Crippen LogP contribution in [-0.2, 0) is 4.79 Å². The lowest BCUT2D eigenvalue weighted by Gasteiger charge is -2.19. The van der Waals surface area contributed by atoms with Crippen LogP contribution >= 0.6 is 0 Å². The summed E-state index contributed by atoms with van der Waals surface area (Å²) in [6.07, 6.45) is 4.99. The molecule has 3 N–H and O–H groups in total. The van der Waals surface area contributed by atoms with Gasteiger partial charge in [0.2, 0.25) is 5.75 Å². The second-order valence-corrected chi connectivity index (χ2v) is 4.49. The van der Waals surface area contributed by atoms with E-state index in [1.807, 2.05) is 0 Å². The number of aromatic hydroxyl groups is 2. The Bertz CT molecular complexity index is 638. The molecule has 0 saturated heterocycles. The van der Waals surface area contributed by atoms with Crippen molar-refractivity contribution in [1.82, 2.24) is 4.90 Å². The maximum atomic E-state index is 11.9. The van der Waals surface area contributed by atoms with Crippen molar-refractivity contribution in [2.24, 2.45) is 0 Å². The average molecular weight is 291 g/mol. The van der Waals surface area contributed by atoms with Gasteiger partial charge in [-0.1, -0.05) is 0 Å². The first-order chi connectivity index (χ1) is 9.88. The van der Waals surface area contributed by atoms with Crippen molar-refractivity contribution in [1.29, 1.82) is 0 Å². The molecule has 7 heteroatoms. The van der Waals surface area contributed by atoms with Crippen LogP contribution in [0.4, 0.5) is 0 Å². The smallest absolute Gasteiger partial charge is 0.341 e. The molecular formula is C14H13NO6. The highest BCUT2D eigenvalue weighted by Gasteiger charge is 2.21. The van der Waals surface area contributed by atoms with Crippen LogP contribution in [0, 0.1) is 0 Å². The quantitative estimate of drug-likeness (QED) is 0.565. The largest absolute Gasteiger partial charge is 0.504 e. The Morgan fingerprint density at radius 1 is 1.24 bits per heavy atom. The third-order valence-corrected chi connectivity index (χ3v) is 2.81. The summed E-state index contributed by atoms with van der Waals surface area (Å²) in [7, 11) is 1.77. The van der Waals surface area contributed by atoms with E-state index in [0.717, 1.165) is 12.1 Å². The minimum Gasteiger partial charge on any atom is -0.504 e. The zero-order valence-electron chi connectivity index (χ0n) is 11.1. The second kappa shape index (κ2) is 5.58. The highest BCUT2D eigenvalue weighted by atomic mass is 16.5. The average Bonchev–Trinajstić information content (AvgIpc) is 2.42. The van der Waals surface area contributed by atoms with Gasteiger partial charge in [-0.15, -0.1) is 0 Å². The molecule has 1 aromatic carbocycles. The molecule has 7 nitrogen and oxygen atoms in total. The molecule has 0 saturated carbocycles. The number of carboxylic acid groups (broad SMARTS) is 1. The number of rotatable bonds is 3. The van der Waals surface area contributed by atoms with Gasteiger partial charge in [0.1, 0.15) is 0 Å². The predicted molar refractivity (Wildman–Crippen MR) is 72.2 cm³/mol. The first-order valence-electron chi connectivity index (χ1n) is 5.97. The van der Waals surface area contributed by atoms with E-state index in [4.69, 9.17) is 9.84 Å². The van der Waals surface area contributed by atoms with Gasteiger partial charge in [-0.05, 0) is 30.5 Å². The van der Waals surface area contributed by atoms with Crippen molar-refractivity contribution in [3.05, 3.63) is 41.6 Å². The summed E-state index contributed by atoms with van der Waals surface area (Å²) in [6.45, 7) is 0.323. The Kier molecular flexibility index (Phi) is 3.84. The van der Waals surface area contributed by atoms with Crippen LogP contribution in [0.25, 0.3) is 0 Å². The fraction of sp³-hybridized carbons (Fsp3) is 0.143. The van der Waals surface area contributed by atoms with E-state index in [9.17, 15) is 19.8 Å². The van der Waals surface area contributed by atoms with Gasteiger partial charge in [-0.3, -0.25) is 0 Å². The topological polar surface area (TPSA) is 107 Å². The van der Waals surface area contributed by atoms with Crippen molar-refractivity contribution in [2.45, 2.75) is 0 Å². The summed E-state index contributed by atoms with van der Waals surface area (Å²) in [5.74, 6) is -3.77. The number of aromatic carboxylic acids is 1. The lowest BCUT2D eigenvalue weighted by molar-refractivity contribution is -0.130. The van der Waals surface area contributed by atoms with Crippen LogP contribution in [0.15, 0.2) is 36.1 Å². The fourth-order valence-corrected chi connectivity index (χ4v) is 1.80. The van der Waals surface area contributed by atoms with Crippen molar-refractivity contribution in [2.75, 3.05) is 13.6 Å². The zero-order valence-corrected chi connectivity index (χ0v) is 11.1. The number of ether oxygens (including phenoxy) is 1. The lowest BCUT2D eigenvalue weighted by Crippen LogP contribution is -2.24. The molecule has 0 radical (unpaired) electrons. The molecule has 0 spiro atoms. The van der Waals surface area contributed by atoms with Crippen LogP contribution in [0.1, 0.15) is 10.4 Å². The number of hydrogen-bond donors (Lipinski definition) is 3. The van der Waals surface area contributed by atoms with Crippen LogP contribution in [-0.4, -0.2) is 45.8 Å². The van der Waals surface area contributed by atoms with E-state index in [1.54, 1.807) is 30.3 Å². The molecule has 1 aromatic rings. The van der Waals surface area contributed by atoms with E-state index in [0.29, 0.717) is 12.1 Å². The minimum atomic E-state index is -1.32. The molecule has 1 aliphatic heterocycles. The number of carbonyl (C=O) groups excluding carboxylic acids is 1. The number of likely N-dealkylation sites (N-methyl/N-ethyl adjacent to an activating group) is 1. The third-order valence-electron chi connectivity index (χ3n) is 2.81. The summed E-state index contributed by atoms with van der Waals surface area (Å²) in [4.78, 5) is 24.5. The van der Waals surface area contributed by atoms with Crippen LogP contribution < -0.4 is 4.74 Å². The monoisotopic (exact) mass is 291 g/mol. The van der Waals surface area contributed by atoms with Gasteiger partial charge >= 0.3 is 11.9 Å². The minimum absolute atomic E-state index is 0.315. The van der Waals surface area contributed by atoms with Gasteiger partial charge in [-0.2, -0.15) is 0 Å². The normalized spacial score (nSPS) is 13.8. The Labute approximate surface area is 120 Å². The van der Waals surface area contributed by atoms with Gasteiger partial charge in [0.25, 0.3) is 0 Å². The number of nitrogens with zero attached hydrogens (tertiary/aromatic N) is 1. The third kappa shape index (κ3) is 3.14. The predicted octanol–water partition coefficient (Wildman–Crippen LogP) is 1.09. The molecule has 110 valence electrons. The van der Waals surface area contributed by atoms with Crippen molar-refractivity contribution < 1.29 is 29.6 Å². The molecule has 1 heterocycles. The Hall–Kier alpha value is -2.96. The summed E-state index contributed by atoms with van der Waals surface area (Å²) in [5.41, 5.74) is 0.0189. The molecule has 0 aliphatic carbocycles. The van der Waals surface area contributed by atoms with Crippen molar-refractivity contribution in [3.8, 4) is 17.2 Å². The highest BCUT2D eigenvalue weighted by molar-refractivity contribution is 5.93. The molecule has 0 amide bonds. The van der Waals surface area contributed by atoms with Gasteiger partial charge in [0, 0.05) is 13.6 Å². The van der Waals surface area contributed by atoms with Gasteiger partial charge in [0.15, 0.2) is 11.5 Å². The number of phenols is 2. The SMILES string of the molecule is CN1C=CC=C(C(=O)Oc2c(O)cc(C(=O)O)cc2O)C1. The van der Waals surface area contributed by atoms with Gasteiger partial charge < -0.3 is 25.0 Å². The fourth-order valence-electron chi connectivity index (χ4n) is 1.80. The summed E-state index contributed by atoms with van der Waals surface area (Å²) in [5, 5.41) is 28.1. The van der Waals surface area contributed by atoms with Gasteiger partial charge in [-0.25, -0.2) is 9.59 Å². The first-order valence-corrected chi connectivity index (χ1v) is 5.97. The number of carboxylic acids is 1. The molecule has 0 atom stereocenters. The Balaban J connectivity index is 2.24. The number of carbonyl (C=O) groups is 2. The maximum absolute atomic E-state index is 11.9. The molecule has 1 aliphatic rings. The molecule has 21 heavy (non-hydrogen) atoms. The number of allylic oxidation sites excluding steroid dienone is 2. The van der Waals surface area contributed by atoms with E-state index < -0.39 is 29.2 Å². The van der Waals surface area contributed by atoms with Crippen LogP contribution in [0.5, 0.6) is 17.2 Å². The summed E-state index contributed by atoms with van der Waals surface area (Å²) >= 11 is 0. The molecule has 0 fully saturated rings. The number of hydrogen-bond acceptors (Lipinski definition) is 6. The van der Waals surface area contributed by atoms with Gasteiger partial charge in [0.05, 0.1) is 11.1 Å². The van der Waals surface area contributed by atoms with E-state index in [2.05, 4.69) is 0 Å². The summed E-state index contributed by atoms with van der Waals surface area (Å²) < 4.78 is 4.94. The van der Waals surface area contributed by atoms with Crippen molar-refractivity contribution >= 4 is 11.9 Å². The standard InChI is InChI=1S/C14H13NO6/c1-15-4-2-3-8(7-15)14(20)21-12-10(16)5-9(13(18)19)6-11(12)17/h2-6,16-17H,7H2,1H3,(H,18,19). The van der Waals surface area contributed by atoms with Crippen LogP contribution in [0.2, 0.25) is 0 Å². The van der Waals surface area contributed by atoms with E-state index >= 15 is 0 Å². The lowest BCUT2D eigenvalue weighted by atomic mass is 10.1. The number of phenolic OH excluding ortho intramolecular Hbond substituents is 2. The van der Waals surface area contributed by atoms with Crippen molar-refractivity contribution in [3.63, 3.8) is 0 Å². The number of esters is 1. The second-order valence-electron chi connectivity index (χ2n) is 4.49. The number of benzene rings is 1. The molecule has 0 aromatic heterocycles. The molecular weight excluding hydrogens is 278 g/mol. The molecule has 2 rings (SSSR count). The Morgan fingerprint density at radius 3 is 2.38 bits per heavy atom. The highest BCUT2D eigenvalue weighted by Crippen LogP contribution is 2.37. The Morgan fingerprint density at radius 2 is 1.86 bits per heavy atom. The maximum Gasteiger partial charge on any atom is 0.341 e. The van der Waals surface area contributed by atoms with E-state index in [1.165, 1.54) is 0 Å². The zero-order chi connectivity index (χ0) is 15.6. The molecule has 0 unspecified atom stereocenters. The van der Waals surface area contributed by atoms with Crippen LogP contribution in [0.3, 0.4) is 0 Å². The first kappa shape index (κ1) is 14.4. The summed E-state index contributed by atoms with van der Waals surface area (Å²) in [6, 6.07) is 1.79. The van der Waals surface area contributed by atoms with E-state index in [-0.39, 0.29) is 5.56 Å². The molecule has 0 bridgehead atoms.